The fourth-order valence-corrected chi connectivity index (χ4v) is 4.20. The Bertz CT molecular complexity index is 1420. The molecule has 0 aliphatic carbocycles. The molecule has 1 N–H and O–H groups in total. The second-order valence-electron chi connectivity index (χ2n) is 7.91. The number of anilines is 1. The highest BCUT2D eigenvalue weighted by Gasteiger charge is 2.28. The Morgan fingerprint density at radius 2 is 1.83 bits per heavy atom. The summed E-state index contributed by atoms with van der Waals surface area (Å²) in [5.74, 6) is -0.609. The molecule has 4 rings (SSSR count). The minimum absolute atomic E-state index is 0.0610. The van der Waals surface area contributed by atoms with E-state index in [1.165, 1.54) is 12.1 Å². The first-order chi connectivity index (χ1) is 17.0. The van der Waals surface area contributed by atoms with Gasteiger partial charge in [-0.2, -0.15) is 10.2 Å². The zero-order chi connectivity index (χ0) is 26.1. The van der Waals surface area contributed by atoms with Crippen molar-refractivity contribution in [2.24, 2.45) is 0 Å². The van der Waals surface area contributed by atoms with Gasteiger partial charge in [0.2, 0.25) is 0 Å². The molecule has 3 heterocycles. The zero-order valence-electron chi connectivity index (χ0n) is 18.9. The quantitative estimate of drug-likeness (QED) is 0.227. The fourth-order valence-electron chi connectivity index (χ4n) is 3.62. The van der Waals surface area contributed by atoms with Crippen molar-refractivity contribution < 1.29 is 26.8 Å². The SMILES string of the molecule is Cc1nn(Cc2cccc(NC(=O)c3ccc(Cn4nc(C(F)F)c(Cl)c4C(F)F)o3)c2)c(C)c1Br. The van der Waals surface area contributed by atoms with Crippen LogP contribution < -0.4 is 5.32 Å². The first-order valence-electron chi connectivity index (χ1n) is 10.6. The average molecular weight is 589 g/mol. The van der Waals surface area contributed by atoms with E-state index in [1.807, 2.05) is 24.6 Å². The van der Waals surface area contributed by atoms with E-state index < -0.39 is 41.7 Å². The lowest BCUT2D eigenvalue weighted by Crippen LogP contribution is -2.12. The van der Waals surface area contributed by atoms with Crippen molar-refractivity contribution in [2.45, 2.75) is 39.8 Å². The summed E-state index contributed by atoms with van der Waals surface area (Å²) in [6, 6.07) is 9.90. The van der Waals surface area contributed by atoms with Crippen LogP contribution in [-0.4, -0.2) is 25.5 Å². The van der Waals surface area contributed by atoms with E-state index >= 15 is 0 Å². The van der Waals surface area contributed by atoms with Crippen molar-refractivity contribution in [3.05, 3.63) is 85.8 Å². The van der Waals surface area contributed by atoms with E-state index in [9.17, 15) is 22.4 Å². The van der Waals surface area contributed by atoms with Gasteiger partial charge in [0, 0.05) is 5.69 Å². The summed E-state index contributed by atoms with van der Waals surface area (Å²) in [4.78, 5) is 12.7. The van der Waals surface area contributed by atoms with E-state index in [2.05, 4.69) is 31.4 Å². The topological polar surface area (TPSA) is 77.9 Å². The number of furan rings is 1. The highest BCUT2D eigenvalue weighted by Crippen LogP contribution is 2.35. The predicted octanol–water partition coefficient (Wildman–Crippen LogP) is 6.93. The molecule has 1 amide bonds. The Kier molecular flexibility index (Phi) is 7.55. The van der Waals surface area contributed by atoms with Gasteiger partial charge in [0.1, 0.15) is 17.1 Å². The van der Waals surface area contributed by atoms with Crippen LogP contribution in [0.3, 0.4) is 0 Å². The summed E-state index contributed by atoms with van der Waals surface area (Å²) in [5.41, 5.74) is 1.46. The van der Waals surface area contributed by atoms with Gasteiger partial charge >= 0.3 is 0 Å². The number of nitrogens with zero attached hydrogens (tertiary/aromatic N) is 4. The number of carbonyl (C=O) groups is 1. The van der Waals surface area contributed by atoms with Gasteiger partial charge in [0.25, 0.3) is 18.8 Å². The summed E-state index contributed by atoms with van der Waals surface area (Å²) in [7, 11) is 0. The van der Waals surface area contributed by atoms with Crippen LogP contribution in [0.5, 0.6) is 0 Å². The molecule has 0 spiro atoms. The van der Waals surface area contributed by atoms with E-state index in [-0.39, 0.29) is 11.5 Å². The Hall–Kier alpha value is -3.12. The van der Waals surface area contributed by atoms with Gasteiger partial charge in [-0.3, -0.25) is 14.2 Å². The van der Waals surface area contributed by atoms with Gasteiger partial charge < -0.3 is 9.73 Å². The molecule has 1 aromatic carbocycles. The maximum atomic E-state index is 13.4. The second-order valence-corrected chi connectivity index (χ2v) is 9.08. The van der Waals surface area contributed by atoms with Crippen molar-refractivity contribution in [2.75, 3.05) is 5.32 Å². The number of hydrogen-bond donors (Lipinski definition) is 1. The maximum absolute atomic E-state index is 13.4. The minimum atomic E-state index is -3.13. The number of aromatic nitrogens is 4. The molecule has 7 nitrogen and oxygen atoms in total. The van der Waals surface area contributed by atoms with Gasteiger partial charge in [-0.05, 0) is 59.6 Å². The standard InChI is InChI=1S/C23H19BrClF4N5O2/c1-11-17(24)12(2)33(31-11)9-13-4-3-5-14(8-13)30-23(35)16-7-6-15(36-16)10-34-20(22(28)29)18(25)19(32-34)21(26)27/h3-8,21-22H,9-10H2,1-2H3,(H,30,35). The Morgan fingerprint density at radius 3 is 2.47 bits per heavy atom. The first kappa shape index (κ1) is 26.0. The van der Waals surface area contributed by atoms with Crippen LogP contribution in [0, 0.1) is 13.8 Å². The second kappa shape index (κ2) is 10.5. The molecule has 13 heteroatoms. The van der Waals surface area contributed by atoms with Gasteiger partial charge in [-0.15, -0.1) is 0 Å². The molecule has 0 saturated carbocycles. The molecular weight excluding hydrogens is 570 g/mol. The van der Waals surface area contributed by atoms with Gasteiger partial charge in [0.15, 0.2) is 5.76 Å². The smallest absolute Gasteiger partial charge is 0.291 e. The van der Waals surface area contributed by atoms with Crippen molar-refractivity contribution in [3.63, 3.8) is 0 Å². The molecule has 4 aromatic rings. The minimum Gasteiger partial charge on any atom is -0.454 e. The molecule has 0 unspecified atom stereocenters. The summed E-state index contributed by atoms with van der Waals surface area (Å²) < 4.78 is 61.7. The number of aryl methyl sites for hydroxylation is 1. The maximum Gasteiger partial charge on any atom is 0.291 e. The summed E-state index contributed by atoms with van der Waals surface area (Å²) in [6.07, 6.45) is -6.24. The Labute approximate surface area is 216 Å². The van der Waals surface area contributed by atoms with E-state index in [0.29, 0.717) is 16.9 Å². The van der Waals surface area contributed by atoms with Crippen LogP contribution >= 0.6 is 27.5 Å². The van der Waals surface area contributed by atoms with Crippen molar-refractivity contribution >= 4 is 39.1 Å². The largest absolute Gasteiger partial charge is 0.454 e. The highest BCUT2D eigenvalue weighted by molar-refractivity contribution is 9.10. The Morgan fingerprint density at radius 1 is 1.08 bits per heavy atom. The number of alkyl halides is 4. The number of carbonyl (C=O) groups excluding carboxylic acids is 1. The van der Waals surface area contributed by atoms with Crippen LogP contribution in [0.4, 0.5) is 23.2 Å². The first-order valence-corrected chi connectivity index (χ1v) is 11.7. The average Bonchev–Trinajstić information content (AvgIpc) is 3.48. The number of amides is 1. The summed E-state index contributed by atoms with van der Waals surface area (Å²) in [5, 5.41) is 9.89. The molecule has 0 aliphatic heterocycles. The lowest BCUT2D eigenvalue weighted by Gasteiger charge is -2.08. The highest BCUT2D eigenvalue weighted by atomic mass is 79.9. The summed E-state index contributed by atoms with van der Waals surface area (Å²) in [6.45, 7) is 3.92. The molecule has 190 valence electrons. The van der Waals surface area contributed by atoms with E-state index in [4.69, 9.17) is 16.0 Å². The van der Waals surface area contributed by atoms with E-state index in [1.54, 1.807) is 18.2 Å². The van der Waals surface area contributed by atoms with Crippen LogP contribution in [0.1, 0.15) is 57.5 Å². The monoisotopic (exact) mass is 587 g/mol. The van der Waals surface area contributed by atoms with Gasteiger partial charge in [-0.1, -0.05) is 23.7 Å². The van der Waals surface area contributed by atoms with Crippen LogP contribution in [0.15, 0.2) is 45.3 Å². The van der Waals surface area contributed by atoms with Crippen molar-refractivity contribution in [3.8, 4) is 0 Å². The fraction of sp³-hybridized carbons (Fsp3) is 0.261. The molecule has 36 heavy (non-hydrogen) atoms. The number of rotatable bonds is 8. The molecule has 0 bridgehead atoms. The molecule has 3 aromatic heterocycles. The van der Waals surface area contributed by atoms with Crippen molar-refractivity contribution in [1.29, 1.82) is 0 Å². The van der Waals surface area contributed by atoms with Crippen LogP contribution in [-0.2, 0) is 13.1 Å². The van der Waals surface area contributed by atoms with Crippen LogP contribution in [0.2, 0.25) is 5.02 Å². The van der Waals surface area contributed by atoms with Crippen LogP contribution in [0.25, 0.3) is 0 Å². The number of halogens is 6. The molecule has 0 radical (unpaired) electrons. The predicted molar refractivity (Wildman–Crippen MR) is 128 cm³/mol. The summed E-state index contributed by atoms with van der Waals surface area (Å²) >= 11 is 9.16. The molecule has 0 aliphatic rings. The third kappa shape index (κ3) is 5.34. The third-order valence-electron chi connectivity index (χ3n) is 5.37. The number of benzene rings is 1. The molecular formula is C23H19BrClF4N5O2. The number of nitrogens with one attached hydrogen (secondary N) is 1. The van der Waals surface area contributed by atoms with Crippen molar-refractivity contribution in [1.82, 2.24) is 19.6 Å². The molecule has 0 fully saturated rings. The van der Waals surface area contributed by atoms with Gasteiger partial charge in [-0.25, -0.2) is 17.6 Å². The number of hydrogen-bond acceptors (Lipinski definition) is 4. The molecule has 0 atom stereocenters. The Balaban J connectivity index is 1.47. The van der Waals surface area contributed by atoms with Gasteiger partial charge in [0.05, 0.1) is 34.0 Å². The lowest BCUT2D eigenvalue weighted by molar-refractivity contribution is 0.0994. The molecule has 0 saturated heterocycles. The van der Waals surface area contributed by atoms with E-state index in [0.717, 1.165) is 21.4 Å². The zero-order valence-corrected chi connectivity index (χ0v) is 21.2. The third-order valence-corrected chi connectivity index (χ3v) is 6.91. The lowest BCUT2D eigenvalue weighted by atomic mass is 10.2. The normalized spacial score (nSPS) is 11.6.